The van der Waals surface area contributed by atoms with Crippen LogP contribution in [0.25, 0.3) is 31.2 Å². The van der Waals surface area contributed by atoms with Gasteiger partial charge in [0.05, 0.1) is 23.6 Å². The van der Waals surface area contributed by atoms with Gasteiger partial charge in [0.1, 0.15) is 22.3 Å². The van der Waals surface area contributed by atoms with Crippen LogP contribution in [0.1, 0.15) is 37.2 Å². The summed E-state index contributed by atoms with van der Waals surface area (Å²) in [6.45, 7) is 3.96. The smallest absolute Gasteiger partial charge is 0.325 e. The average molecular weight is 584 g/mol. The second-order valence-electron chi connectivity index (χ2n) is 10.0. The first-order valence-electron chi connectivity index (χ1n) is 13.4. The molecule has 42 heavy (non-hydrogen) atoms. The molecule has 0 aliphatic carbocycles. The highest BCUT2D eigenvalue weighted by Gasteiger charge is 2.47. The Bertz CT molecular complexity index is 2000. The summed E-state index contributed by atoms with van der Waals surface area (Å²) in [6, 6.07) is 17.2. The van der Waals surface area contributed by atoms with Gasteiger partial charge in [-0.2, -0.15) is 5.10 Å². The Kier molecular flexibility index (Phi) is 6.82. The summed E-state index contributed by atoms with van der Waals surface area (Å²) < 4.78 is 16.2. The molecule has 0 bridgehead atoms. The number of hydrogen-bond acceptors (Lipinski definition) is 7. The summed E-state index contributed by atoms with van der Waals surface area (Å²) in [5, 5.41) is 30.1. The summed E-state index contributed by atoms with van der Waals surface area (Å²) in [4.78, 5) is 34.4. The molecule has 9 nitrogen and oxygen atoms in total. The van der Waals surface area contributed by atoms with E-state index in [1.807, 2.05) is 35.9 Å². The second kappa shape index (κ2) is 10.5. The number of nitrogens with one attached hydrogen (secondary N) is 1. The van der Waals surface area contributed by atoms with Gasteiger partial charge in [-0.3, -0.25) is 14.3 Å². The molecule has 0 amide bonds. The van der Waals surface area contributed by atoms with Crippen LogP contribution in [0.3, 0.4) is 0 Å². The van der Waals surface area contributed by atoms with Gasteiger partial charge < -0.3 is 15.5 Å². The van der Waals surface area contributed by atoms with Crippen molar-refractivity contribution in [2.24, 2.45) is 0 Å². The van der Waals surface area contributed by atoms with Crippen molar-refractivity contribution in [3.05, 3.63) is 89.6 Å². The van der Waals surface area contributed by atoms with Crippen LogP contribution in [0.15, 0.2) is 66.9 Å². The molecular weight excluding hydrogens is 557 g/mol. The number of thiophene rings is 1. The number of benzene rings is 3. The third kappa shape index (κ3) is 4.51. The van der Waals surface area contributed by atoms with Crippen LogP contribution < -0.4 is 5.32 Å². The highest BCUT2D eigenvalue weighted by Crippen LogP contribution is 2.40. The molecule has 0 saturated carbocycles. The van der Waals surface area contributed by atoms with E-state index in [0.717, 1.165) is 37.6 Å². The molecule has 3 heterocycles. The van der Waals surface area contributed by atoms with Crippen molar-refractivity contribution >= 4 is 66.0 Å². The van der Waals surface area contributed by atoms with Crippen LogP contribution in [-0.2, 0) is 28.0 Å². The van der Waals surface area contributed by atoms with Gasteiger partial charge in [0.25, 0.3) is 0 Å². The molecule has 6 aromatic rings. The summed E-state index contributed by atoms with van der Waals surface area (Å²) in [5.74, 6) is -1.85. The minimum atomic E-state index is -2.04. The standard InChI is InChI=1S/C31H26FN5O4S/c1-3-25-35-27(34-21-9-11-23-18(13-21)15-33-37(23)16-17-6-5-7-20(32)12-17)26-22-10-8-19(14-24(22)42-28(26)36-25)31(4-2,29(38)39)30(40)41/h5-15H,3-4,16H2,1-2H3,(H,38,39)(H,40,41)(H,34,35,36). The minimum absolute atomic E-state index is 0.0953. The Morgan fingerprint density at radius 2 is 1.83 bits per heavy atom. The number of hydrogen-bond donors (Lipinski definition) is 3. The normalized spacial score (nSPS) is 11.9. The number of carboxylic acid groups (broad SMARTS) is 2. The number of aryl methyl sites for hydroxylation is 1. The number of rotatable bonds is 9. The van der Waals surface area contributed by atoms with Gasteiger partial charge in [0.2, 0.25) is 0 Å². The van der Waals surface area contributed by atoms with Crippen LogP contribution in [0.5, 0.6) is 0 Å². The van der Waals surface area contributed by atoms with Gasteiger partial charge in [0.15, 0.2) is 5.41 Å². The Labute approximate surface area is 243 Å². The molecule has 3 aromatic carbocycles. The quantitative estimate of drug-likeness (QED) is 0.164. The van der Waals surface area contributed by atoms with Gasteiger partial charge in [-0.15, -0.1) is 11.3 Å². The largest absolute Gasteiger partial charge is 0.480 e. The van der Waals surface area contributed by atoms with E-state index in [2.05, 4.69) is 10.4 Å². The van der Waals surface area contributed by atoms with Crippen LogP contribution >= 0.6 is 11.3 Å². The Morgan fingerprint density at radius 3 is 2.55 bits per heavy atom. The van der Waals surface area contributed by atoms with E-state index in [4.69, 9.17) is 9.97 Å². The summed E-state index contributed by atoms with van der Waals surface area (Å²) in [6.07, 6.45) is 2.27. The van der Waals surface area contributed by atoms with Gasteiger partial charge >= 0.3 is 11.9 Å². The van der Waals surface area contributed by atoms with E-state index in [1.54, 1.807) is 37.4 Å². The van der Waals surface area contributed by atoms with E-state index in [9.17, 15) is 24.2 Å². The molecule has 3 N–H and O–H groups in total. The Balaban J connectivity index is 1.40. The second-order valence-corrected chi connectivity index (χ2v) is 11.1. The number of anilines is 2. The lowest BCUT2D eigenvalue weighted by molar-refractivity contribution is -0.157. The molecule has 0 radical (unpaired) electrons. The zero-order chi connectivity index (χ0) is 29.6. The Hall–Kier alpha value is -4.90. The molecule has 0 aliphatic rings. The third-order valence-corrected chi connectivity index (χ3v) is 8.62. The number of halogens is 1. The first kappa shape index (κ1) is 27.3. The maximum atomic E-state index is 13.7. The van der Waals surface area contributed by atoms with Crippen LogP contribution in [0.2, 0.25) is 0 Å². The molecule has 0 aliphatic heterocycles. The third-order valence-electron chi connectivity index (χ3n) is 7.58. The van der Waals surface area contributed by atoms with Crippen molar-refractivity contribution in [1.29, 1.82) is 0 Å². The summed E-state index contributed by atoms with van der Waals surface area (Å²) in [7, 11) is 0. The van der Waals surface area contributed by atoms with E-state index in [0.29, 0.717) is 29.4 Å². The summed E-state index contributed by atoms with van der Waals surface area (Å²) in [5.41, 5.74) is 0.667. The number of aromatic nitrogens is 4. The van der Waals surface area contributed by atoms with Gasteiger partial charge in [0, 0.05) is 27.6 Å². The van der Waals surface area contributed by atoms with Crippen molar-refractivity contribution in [2.75, 3.05) is 5.32 Å². The number of nitrogens with zero attached hydrogens (tertiary/aromatic N) is 4. The predicted molar refractivity (Wildman–Crippen MR) is 160 cm³/mol. The number of carboxylic acids is 2. The molecule has 11 heteroatoms. The van der Waals surface area contributed by atoms with E-state index >= 15 is 0 Å². The number of fused-ring (bicyclic) bond motifs is 4. The maximum absolute atomic E-state index is 13.7. The van der Waals surface area contributed by atoms with Crippen molar-refractivity contribution in [2.45, 2.75) is 38.6 Å². The highest BCUT2D eigenvalue weighted by atomic mass is 32.1. The van der Waals surface area contributed by atoms with Crippen LogP contribution in [0, 0.1) is 5.82 Å². The average Bonchev–Trinajstić information content (AvgIpc) is 3.53. The van der Waals surface area contributed by atoms with E-state index in [-0.39, 0.29) is 17.8 Å². The minimum Gasteiger partial charge on any atom is -0.480 e. The number of carbonyl (C=O) groups is 2. The molecule has 6 rings (SSSR count). The summed E-state index contributed by atoms with van der Waals surface area (Å²) >= 11 is 1.37. The van der Waals surface area contributed by atoms with Gasteiger partial charge in [-0.05, 0) is 53.9 Å². The first-order valence-corrected chi connectivity index (χ1v) is 14.2. The molecule has 212 valence electrons. The lowest BCUT2D eigenvalue weighted by atomic mass is 9.78. The molecule has 0 atom stereocenters. The number of aliphatic carboxylic acids is 2. The van der Waals surface area contributed by atoms with Gasteiger partial charge in [-0.25, -0.2) is 14.4 Å². The first-order chi connectivity index (χ1) is 20.2. The molecule has 0 fully saturated rings. The van der Waals surface area contributed by atoms with Gasteiger partial charge in [-0.1, -0.05) is 38.1 Å². The predicted octanol–water partition coefficient (Wildman–Crippen LogP) is 6.50. The SMILES string of the molecule is CCc1nc(Nc2ccc3c(cnn3Cc3cccc(F)c3)c2)c2c(n1)sc1cc(C(CC)(C(=O)O)C(=O)O)ccc12. The lowest BCUT2D eigenvalue weighted by Crippen LogP contribution is -2.43. The van der Waals surface area contributed by atoms with Crippen LogP contribution in [-0.4, -0.2) is 41.9 Å². The molecular formula is C31H26FN5O4S. The zero-order valence-electron chi connectivity index (χ0n) is 22.8. The zero-order valence-corrected chi connectivity index (χ0v) is 23.6. The topological polar surface area (TPSA) is 130 Å². The fraction of sp³-hybridized carbons (Fsp3) is 0.194. The van der Waals surface area contributed by atoms with E-state index < -0.39 is 17.4 Å². The molecule has 0 saturated heterocycles. The van der Waals surface area contributed by atoms with Crippen molar-refractivity contribution in [1.82, 2.24) is 19.7 Å². The lowest BCUT2D eigenvalue weighted by Gasteiger charge is -2.23. The fourth-order valence-electron chi connectivity index (χ4n) is 5.31. The van der Waals surface area contributed by atoms with Crippen molar-refractivity contribution < 1.29 is 24.2 Å². The Morgan fingerprint density at radius 1 is 1.02 bits per heavy atom. The molecule has 0 unspecified atom stereocenters. The molecule has 0 spiro atoms. The highest BCUT2D eigenvalue weighted by molar-refractivity contribution is 7.25. The monoisotopic (exact) mass is 583 g/mol. The van der Waals surface area contributed by atoms with Crippen molar-refractivity contribution in [3.8, 4) is 0 Å². The molecule has 3 aromatic heterocycles. The van der Waals surface area contributed by atoms with E-state index in [1.165, 1.54) is 23.5 Å². The van der Waals surface area contributed by atoms with Crippen LogP contribution in [0.4, 0.5) is 15.9 Å². The van der Waals surface area contributed by atoms with Crippen molar-refractivity contribution in [3.63, 3.8) is 0 Å². The fourth-order valence-corrected chi connectivity index (χ4v) is 6.45. The maximum Gasteiger partial charge on any atom is 0.325 e.